The fraction of sp³-hybridized carbons (Fsp3) is 0.176. The number of ether oxygens (including phenoxy) is 2. The summed E-state index contributed by atoms with van der Waals surface area (Å²) in [5, 5.41) is 2.75. The van der Waals surface area contributed by atoms with Gasteiger partial charge in [-0.1, -0.05) is 12.1 Å². The lowest BCUT2D eigenvalue weighted by Crippen LogP contribution is -2.22. The molecule has 0 heterocycles. The highest BCUT2D eigenvalue weighted by atomic mass is 127. The molecule has 0 fully saturated rings. The number of anilines is 1. The quantitative estimate of drug-likeness (QED) is 0.285. The first kappa shape index (κ1) is 22.5. The summed E-state index contributed by atoms with van der Waals surface area (Å²) in [6.45, 7) is 0.207. The molecule has 0 aliphatic carbocycles. The number of carbonyl (C=O) groups is 1. The molecule has 146 valence electrons. The molecular weight excluding hydrogens is 478 g/mol. The van der Waals surface area contributed by atoms with Crippen molar-refractivity contribution in [3.05, 3.63) is 59.7 Å². The maximum Gasteiger partial charge on any atom is 0.573 e. The maximum absolute atomic E-state index is 12.1. The van der Waals surface area contributed by atoms with Crippen LogP contribution in [0, 0.1) is 0 Å². The molecule has 0 bridgehead atoms. The summed E-state index contributed by atoms with van der Waals surface area (Å²) in [5.41, 5.74) is 7.34. The van der Waals surface area contributed by atoms with Crippen molar-refractivity contribution in [2.75, 3.05) is 12.4 Å². The minimum absolute atomic E-state index is 0. The van der Waals surface area contributed by atoms with Gasteiger partial charge in [0.15, 0.2) is 5.96 Å². The summed E-state index contributed by atoms with van der Waals surface area (Å²) in [4.78, 5) is 15.6. The molecule has 6 nitrogen and oxygen atoms in total. The van der Waals surface area contributed by atoms with E-state index in [1.807, 2.05) is 0 Å². The highest BCUT2D eigenvalue weighted by Crippen LogP contribution is 2.23. The standard InChI is InChI=1S/C17H16F3N3O3.HI/c1-25-15(24)12-4-2-3-11(9-12)10-22-16(21)23-13-5-7-14(8-6-13)26-17(18,19)20;/h2-9H,10H2,1H3,(H3,21,22,23);1H. The van der Waals surface area contributed by atoms with E-state index in [1.54, 1.807) is 24.3 Å². The molecule has 0 amide bonds. The smallest absolute Gasteiger partial charge is 0.465 e. The Hall–Kier alpha value is -2.50. The van der Waals surface area contributed by atoms with Crippen molar-refractivity contribution >= 4 is 41.6 Å². The zero-order chi connectivity index (χ0) is 19.2. The number of rotatable bonds is 5. The normalized spacial score (nSPS) is 11.3. The minimum atomic E-state index is -4.74. The van der Waals surface area contributed by atoms with E-state index in [9.17, 15) is 18.0 Å². The minimum Gasteiger partial charge on any atom is -0.465 e. The first-order chi connectivity index (χ1) is 12.3. The Morgan fingerprint density at radius 3 is 2.44 bits per heavy atom. The summed E-state index contributed by atoms with van der Waals surface area (Å²) in [5.74, 6) is -0.723. The summed E-state index contributed by atoms with van der Waals surface area (Å²) in [6, 6.07) is 11.8. The first-order valence-corrected chi connectivity index (χ1v) is 7.37. The Morgan fingerprint density at radius 1 is 1.19 bits per heavy atom. The molecule has 0 aromatic heterocycles. The van der Waals surface area contributed by atoms with Crippen LogP contribution in [0.1, 0.15) is 15.9 Å². The summed E-state index contributed by atoms with van der Waals surface area (Å²) < 4.78 is 44.7. The zero-order valence-electron chi connectivity index (χ0n) is 14.1. The molecule has 0 saturated heterocycles. The van der Waals surface area contributed by atoms with Gasteiger partial charge in [-0.15, -0.1) is 37.1 Å². The predicted molar refractivity (Wildman–Crippen MR) is 105 cm³/mol. The summed E-state index contributed by atoms with van der Waals surface area (Å²) in [6.07, 6.45) is -4.74. The lowest BCUT2D eigenvalue weighted by atomic mass is 10.1. The topological polar surface area (TPSA) is 85.9 Å². The fourth-order valence-corrected chi connectivity index (χ4v) is 2.02. The average Bonchev–Trinajstić information content (AvgIpc) is 2.60. The number of methoxy groups -OCH3 is 1. The van der Waals surface area contributed by atoms with Gasteiger partial charge in [-0.25, -0.2) is 9.79 Å². The van der Waals surface area contributed by atoms with E-state index in [0.717, 1.165) is 17.7 Å². The third-order valence-corrected chi connectivity index (χ3v) is 3.14. The average molecular weight is 495 g/mol. The molecule has 0 radical (unpaired) electrons. The molecule has 2 aromatic rings. The van der Waals surface area contributed by atoms with Gasteiger partial charge in [0.1, 0.15) is 5.75 Å². The molecule has 27 heavy (non-hydrogen) atoms. The highest BCUT2D eigenvalue weighted by Gasteiger charge is 2.30. The van der Waals surface area contributed by atoms with E-state index < -0.39 is 12.3 Å². The third-order valence-electron chi connectivity index (χ3n) is 3.14. The van der Waals surface area contributed by atoms with Gasteiger partial charge in [0.2, 0.25) is 0 Å². The van der Waals surface area contributed by atoms with E-state index in [1.165, 1.54) is 19.2 Å². The second-order valence-electron chi connectivity index (χ2n) is 5.09. The van der Waals surface area contributed by atoms with Crippen molar-refractivity contribution in [2.24, 2.45) is 10.7 Å². The molecule has 0 aliphatic heterocycles. The van der Waals surface area contributed by atoms with Crippen LogP contribution in [0.4, 0.5) is 18.9 Å². The monoisotopic (exact) mass is 495 g/mol. The molecule has 10 heteroatoms. The van der Waals surface area contributed by atoms with Gasteiger partial charge in [-0.2, -0.15) is 0 Å². The number of guanidine groups is 1. The molecular formula is C17H17F3IN3O3. The number of benzene rings is 2. The Labute approximate surface area is 170 Å². The number of carbonyl (C=O) groups excluding carboxylic acids is 1. The van der Waals surface area contributed by atoms with Crippen molar-refractivity contribution in [1.82, 2.24) is 0 Å². The van der Waals surface area contributed by atoms with Crippen LogP contribution in [0.15, 0.2) is 53.5 Å². The maximum atomic E-state index is 12.1. The van der Waals surface area contributed by atoms with Crippen LogP contribution in [0.2, 0.25) is 0 Å². The Balaban J connectivity index is 0.00000364. The van der Waals surface area contributed by atoms with Crippen molar-refractivity contribution in [2.45, 2.75) is 12.9 Å². The van der Waals surface area contributed by atoms with Crippen LogP contribution < -0.4 is 15.8 Å². The Morgan fingerprint density at radius 2 is 1.85 bits per heavy atom. The summed E-state index contributed by atoms with van der Waals surface area (Å²) >= 11 is 0. The van der Waals surface area contributed by atoms with Gasteiger partial charge < -0.3 is 20.5 Å². The van der Waals surface area contributed by atoms with Crippen molar-refractivity contribution in [1.29, 1.82) is 0 Å². The lowest BCUT2D eigenvalue weighted by Gasteiger charge is -2.10. The van der Waals surface area contributed by atoms with Crippen LogP contribution in [0.3, 0.4) is 0 Å². The number of halogens is 4. The Kier molecular flexibility index (Phi) is 8.34. The lowest BCUT2D eigenvalue weighted by molar-refractivity contribution is -0.274. The van der Waals surface area contributed by atoms with Gasteiger partial charge in [-0.05, 0) is 42.0 Å². The van der Waals surface area contributed by atoms with E-state index in [0.29, 0.717) is 11.3 Å². The van der Waals surface area contributed by atoms with Gasteiger partial charge in [-0.3, -0.25) is 0 Å². The molecule has 3 N–H and O–H groups in total. The zero-order valence-corrected chi connectivity index (χ0v) is 16.4. The van der Waals surface area contributed by atoms with Gasteiger partial charge in [0.25, 0.3) is 0 Å². The number of esters is 1. The largest absolute Gasteiger partial charge is 0.573 e. The number of nitrogens with zero attached hydrogens (tertiary/aromatic N) is 1. The Bertz CT molecular complexity index is 796. The number of hydrogen-bond acceptors (Lipinski definition) is 4. The number of hydrogen-bond donors (Lipinski definition) is 2. The van der Waals surface area contributed by atoms with Crippen LogP contribution in [-0.2, 0) is 11.3 Å². The molecule has 0 aliphatic rings. The molecule has 0 unspecified atom stereocenters. The third kappa shape index (κ3) is 7.72. The van der Waals surface area contributed by atoms with Crippen LogP contribution in [0.5, 0.6) is 5.75 Å². The number of aliphatic imine (C=N–C) groups is 1. The summed E-state index contributed by atoms with van der Waals surface area (Å²) in [7, 11) is 1.29. The van der Waals surface area contributed by atoms with E-state index in [4.69, 9.17) is 5.73 Å². The van der Waals surface area contributed by atoms with E-state index in [-0.39, 0.29) is 42.2 Å². The predicted octanol–water partition coefficient (Wildman–Crippen LogP) is 3.92. The molecule has 2 aromatic carbocycles. The first-order valence-electron chi connectivity index (χ1n) is 7.37. The number of nitrogens with one attached hydrogen (secondary N) is 1. The van der Waals surface area contributed by atoms with Gasteiger partial charge in [0.05, 0.1) is 19.2 Å². The van der Waals surface area contributed by atoms with E-state index >= 15 is 0 Å². The van der Waals surface area contributed by atoms with Crippen LogP contribution >= 0.6 is 24.0 Å². The molecule has 0 spiro atoms. The van der Waals surface area contributed by atoms with Crippen LogP contribution in [-0.4, -0.2) is 25.4 Å². The van der Waals surface area contributed by atoms with Gasteiger partial charge >= 0.3 is 12.3 Å². The van der Waals surface area contributed by atoms with Crippen molar-refractivity contribution < 1.29 is 27.4 Å². The van der Waals surface area contributed by atoms with E-state index in [2.05, 4.69) is 19.8 Å². The second kappa shape index (κ2) is 10.00. The van der Waals surface area contributed by atoms with Gasteiger partial charge in [0, 0.05) is 5.69 Å². The fourth-order valence-electron chi connectivity index (χ4n) is 2.02. The highest BCUT2D eigenvalue weighted by molar-refractivity contribution is 14.0. The molecule has 0 saturated carbocycles. The molecule has 0 atom stereocenters. The van der Waals surface area contributed by atoms with Crippen molar-refractivity contribution in [3.8, 4) is 5.75 Å². The molecule has 2 rings (SSSR count). The second-order valence-corrected chi connectivity index (χ2v) is 5.09. The number of nitrogens with two attached hydrogens (primary N) is 1. The number of alkyl halides is 3. The van der Waals surface area contributed by atoms with Crippen LogP contribution in [0.25, 0.3) is 0 Å². The van der Waals surface area contributed by atoms with Crippen molar-refractivity contribution in [3.63, 3.8) is 0 Å². The SMILES string of the molecule is COC(=O)c1cccc(CN=C(N)Nc2ccc(OC(F)(F)F)cc2)c1.I.